The van der Waals surface area contributed by atoms with Gasteiger partial charge in [0.15, 0.2) is 0 Å². The third-order valence-electron chi connectivity index (χ3n) is 2.02. The Kier molecular flexibility index (Phi) is 5.40. The van der Waals surface area contributed by atoms with E-state index in [1.807, 2.05) is 0 Å². The number of benzene rings is 1. The molecule has 0 unspecified atom stereocenters. The molecule has 1 rings (SSSR count). The van der Waals surface area contributed by atoms with Crippen LogP contribution < -0.4 is 4.72 Å². The first-order valence-electron chi connectivity index (χ1n) is 4.85. The number of aliphatic hydroxyl groups excluding tert-OH is 1. The van der Waals surface area contributed by atoms with E-state index in [0.29, 0.717) is 0 Å². The van der Waals surface area contributed by atoms with Crippen molar-refractivity contribution in [1.82, 2.24) is 4.72 Å². The Hall–Kier alpha value is -0.430. The van der Waals surface area contributed by atoms with Gasteiger partial charge in [0.2, 0.25) is 10.0 Å². The maximum atomic E-state index is 11.6. The molecule has 1 aromatic rings. The van der Waals surface area contributed by atoms with Crippen LogP contribution in [0.4, 0.5) is 0 Å². The van der Waals surface area contributed by atoms with Crippen molar-refractivity contribution in [3.63, 3.8) is 0 Å². The van der Waals surface area contributed by atoms with E-state index in [1.54, 1.807) is 24.3 Å². The molecule has 16 heavy (non-hydrogen) atoms. The van der Waals surface area contributed by atoms with Crippen molar-refractivity contribution in [3.8, 4) is 0 Å². The fourth-order valence-electron chi connectivity index (χ4n) is 1.21. The second-order valence-electron chi connectivity index (χ2n) is 3.20. The van der Waals surface area contributed by atoms with Crippen LogP contribution >= 0.6 is 15.9 Å². The number of hydrogen-bond donors (Lipinski definition) is 2. The molecule has 1 aromatic carbocycles. The zero-order valence-electron chi connectivity index (χ0n) is 8.69. The molecule has 90 valence electrons. The lowest BCUT2D eigenvalue weighted by molar-refractivity contribution is 0.301. The number of aryl methyl sites for hydroxylation is 1. The van der Waals surface area contributed by atoms with Gasteiger partial charge in [-0.15, -0.1) is 0 Å². The number of alkyl halides is 1. The number of hydrogen-bond acceptors (Lipinski definition) is 3. The molecule has 0 aromatic heterocycles. The van der Waals surface area contributed by atoms with Crippen molar-refractivity contribution in [2.24, 2.45) is 0 Å². The van der Waals surface area contributed by atoms with E-state index >= 15 is 0 Å². The van der Waals surface area contributed by atoms with Gasteiger partial charge in [0, 0.05) is 11.9 Å². The Morgan fingerprint density at radius 3 is 2.38 bits per heavy atom. The van der Waals surface area contributed by atoms with Gasteiger partial charge in [-0.3, -0.25) is 0 Å². The van der Waals surface area contributed by atoms with Crippen molar-refractivity contribution >= 4 is 26.0 Å². The molecule has 0 saturated carbocycles. The minimum absolute atomic E-state index is 0.0332. The Balaban J connectivity index is 2.80. The molecule has 2 N–H and O–H groups in total. The summed E-state index contributed by atoms with van der Waals surface area (Å²) in [6, 6.07) is 6.71. The molecular formula is C10H14BrNO3S. The first-order valence-corrected chi connectivity index (χ1v) is 7.46. The fraction of sp³-hybridized carbons (Fsp3) is 0.400. The minimum atomic E-state index is -3.48. The molecule has 4 nitrogen and oxygen atoms in total. The van der Waals surface area contributed by atoms with Crippen molar-refractivity contribution in [2.75, 3.05) is 18.5 Å². The molecule has 0 aliphatic heterocycles. The largest absolute Gasteiger partial charge is 0.395 e. The molecule has 0 amide bonds. The molecule has 0 saturated heterocycles. The Morgan fingerprint density at radius 1 is 1.25 bits per heavy atom. The molecule has 0 atom stereocenters. The van der Waals surface area contributed by atoms with Crippen molar-refractivity contribution in [3.05, 3.63) is 29.8 Å². The lowest BCUT2D eigenvalue weighted by Crippen LogP contribution is -2.26. The molecule has 0 bridgehead atoms. The van der Waals surface area contributed by atoms with Crippen LogP contribution in [0.3, 0.4) is 0 Å². The highest BCUT2D eigenvalue weighted by atomic mass is 79.9. The van der Waals surface area contributed by atoms with Crippen LogP contribution in [0.15, 0.2) is 29.2 Å². The molecule has 0 fully saturated rings. The van der Waals surface area contributed by atoms with Gasteiger partial charge in [-0.1, -0.05) is 28.1 Å². The summed E-state index contributed by atoms with van der Waals surface area (Å²) in [6.45, 7) is -0.174. The van der Waals surface area contributed by atoms with Gasteiger partial charge in [-0.25, -0.2) is 13.1 Å². The quantitative estimate of drug-likeness (QED) is 0.767. The van der Waals surface area contributed by atoms with Gasteiger partial charge in [-0.2, -0.15) is 0 Å². The second-order valence-corrected chi connectivity index (χ2v) is 5.76. The van der Waals surface area contributed by atoms with Crippen molar-refractivity contribution in [2.45, 2.75) is 11.3 Å². The van der Waals surface area contributed by atoms with Crippen molar-refractivity contribution in [1.29, 1.82) is 0 Å². The second kappa shape index (κ2) is 6.34. The third kappa shape index (κ3) is 3.86. The summed E-state index contributed by atoms with van der Waals surface area (Å²) >= 11 is 3.32. The number of rotatable bonds is 6. The maximum absolute atomic E-state index is 11.6. The number of aliphatic hydroxyl groups is 1. The van der Waals surface area contributed by atoms with Gasteiger partial charge in [0.05, 0.1) is 11.5 Å². The number of halogens is 1. The fourth-order valence-corrected chi connectivity index (χ4v) is 2.69. The summed E-state index contributed by atoms with van der Waals surface area (Å²) in [5, 5.41) is 9.41. The lowest BCUT2D eigenvalue weighted by atomic mass is 10.2. The number of sulfonamides is 1. The van der Waals surface area contributed by atoms with E-state index in [2.05, 4.69) is 20.7 Å². The summed E-state index contributed by atoms with van der Waals surface area (Å²) in [7, 11) is -3.48. The van der Waals surface area contributed by atoms with E-state index in [0.717, 1.165) is 17.3 Å². The van der Waals surface area contributed by atoms with Crippen LogP contribution in [-0.4, -0.2) is 32.0 Å². The smallest absolute Gasteiger partial charge is 0.240 e. The zero-order valence-corrected chi connectivity index (χ0v) is 11.1. The van der Waals surface area contributed by atoms with Crippen LogP contribution in [0.2, 0.25) is 0 Å². The standard InChI is InChI=1S/C10H14BrNO3S/c11-6-5-9-1-3-10(4-2-9)16(14,15)12-7-8-13/h1-4,12-13H,5-8H2. The average molecular weight is 308 g/mol. The van der Waals surface area contributed by atoms with Crippen molar-refractivity contribution < 1.29 is 13.5 Å². The highest BCUT2D eigenvalue weighted by Crippen LogP contribution is 2.11. The molecular weight excluding hydrogens is 294 g/mol. The van der Waals surface area contributed by atoms with Crippen LogP contribution in [0.1, 0.15) is 5.56 Å². The molecule has 6 heteroatoms. The number of nitrogens with one attached hydrogen (secondary N) is 1. The molecule has 0 heterocycles. The summed E-state index contributed by atoms with van der Waals surface area (Å²) in [5.41, 5.74) is 1.08. The molecule has 0 aliphatic rings. The van der Waals surface area contributed by atoms with Gasteiger partial charge >= 0.3 is 0 Å². The van der Waals surface area contributed by atoms with Crippen LogP contribution in [0.25, 0.3) is 0 Å². The van der Waals surface area contributed by atoms with E-state index < -0.39 is 10.0 Å². The van der Waals surface area contributed by atoms with Crippen LogP contribution in [-0.2, 0) is 16.4 Å². The zero-order chi connectivity index (χ0) is 12.0. The first kappa shape index (κ1) is 13.6. The van der Waals surface area contributed by atoms with E-state index in [-0.39, 0.29) is 18.0 Å². The van der Waals surface area contributed by atoms with Crippen LogP contribution in [0.5, 0.6) is 0 Å². The Morgan fingerprint density at radius 2 is 1.88 bits per heavy atom. The van der Waals surface area contributed by atoms with Gasteiger partial charge in [0.25, 0.3) is 0 Å². The molecule has 0 aliphatic carbocycles. The van der Waals surface area contributed by atoms with E-state index in [1.165, 1.54) is 0 Å². The monoisotopic (exact) mass is 307 g/mol. The Bertz CT molecular complexity index is 416. The van der Waals surface area contributed by atoms with E-state index in [4.69, 9.17) is 5.11 Å². The van der Waals surface area contributed by atoms with E-state index in [9.17, 15) is 8.42 Å². The summed E-state index contributed by atoms with van der Waals surface area (Å²) in [5.74, 6) is 0. The minimum Gasteiger partial charge on any atom is -0.395 e. The van der Waals surface area contributed by atoms with Gasteiger partial charge in [0.1, 0.15) is 0 Å². The van der Waals surface area contributed by atoms with Crippen LogP contribution in [0, 0.1) is 0 Å². The highest BCUT2D eigenvalue weighted by Gasteiger charge is 2.12. The molecule has 0 spiro atoms. The summed E-state index contributed by atoms with van der Waals surface area (Å²) < 4.78 is 25.5. The lowest BCUT2D eigenvalue weighted by Gasteiger charge is -2.05. The maximum Gasteiger partial charge on any atom is 0.240 e. The predicted octanol–water partition coefficient (Wildman–Crippen LogP) is 0.895. The SMILES string of the molecule is O=S(=O)(NCCO)c1ccc(CCBr)cc1. The first-order chi connectivity index (χ1) is 7.60. The normalized spacial score (nSPS) is 11.6. The summed E-state index contributed by atoms with van der Waals surface area (Å²) in [4.78, 5) is 0.222. The Labute approximate surface area is 104 Å². The summed E-state index contributed by atoms with van der Waals surface area (Å²) in [6.07, 6.45) is 0.865. The average Bonchev–Trinajstić information content (AvgIpc) is 2.28. The van der Waals surface area contributed by atoms with Gasteiger partial charge in [-0.05, 0) is 24.1 Å². The third-order valence-corrected chi connectivity index (χ3v) is 3.89. The topological polar surface area (TPSA) is 66.4 Å². The molecule has 0 radical (unpaired) electrons. The predicted molar refractivity (Wildman–Crippen MR) is 66.2 cm³/mol. The highest BCUT2D eigenvalue weighted by molar-refractivity contribution is 9.09. The van der Waals surface area contributed by atoms with Gasteiger partial charge < -0.3 is 5.11 Å².